The highest BCUT2D eigenvalue weighted by Crippen LogP contribution is 2.60. The summed E-state index contributed by atoms with van der Waals surface area (Å²) in [7, 11) is 0. The van der Waals surface area contributed by atoms with E-state index in [-0.39, 0.29) is 39.2 Å². The van der Waals surface area contributed by atoms with Crippen molar-refractivity contribution < 1.29 is 0 Å². The van der Waals surface area contributed by atoms with E-state index in [0.29, 0.717) is 0 Å². The van der Waals surface area contributed by atoms with Crippen LogP contribution in [0.1, 0.15) is 160 Å². The summed E-state index contributed by atoms with van der Waals surface area (Å²) in [4.78, 5) is 5.45. The highest BCUT2D eigenvalue weighted by molar-refractivity contribution is 7.00. The minimum atomic E-state index is -0.221. The van der Waals surface area contributed by atoms with Gasteiger partial charge < -0.3 is 9.80 Å². The molecule has 2 heterocycles. The molecule has 0 atom stereocenters. The van der Waals surface area contributed by atoms with E-state index in [1.807, 2.05) is 0 Å². The van der Waals surface area contributed by atoms with Crippen molar-refractivity contribution in [1.82, 2.24) is 0 Å². The number of hydrogen-bond acceptors (Lipinski definition) is 2. The predicted molar refractivity (Wildman–Crippen MR) is 323 cm³/mol. The summed E-state index contributed by atoms with van der Waals surface area (Å²) in [6.45, 7) is 34.3. The Morgan fingerprint density at radius 1 is 0.400 bits per heavy atom. The summed E-state index contributed by atoms with van der Waals surface area (Å²) in [5.74, 6) is 0. The molecule has 0 radical (unpaired) electrons. The third-order valence-corrected chi connectivity index (χ3v) is 19.5. The van der Waals surface area contributed by atoms with Crippen LogP contribution in [-0.2, 0) is 32.5 Å². The quantitative estimate of drug-likeness (QED) is 0.162. The second kappa shape index (κ2) is 16.0. The molecule has 13 rings (SSSR count). The third kappa shape index (κ3) is 7.04. The fourth-order valence-corrected chi connectivity index (χ4v) is 14.6. The Balaban J connectivity index is 1.22. The van der Waals surface area contributed by atoms with E-state index in [0.717, 1.165) is 12.8 Å². The molecule has 3 heteroatoms. The second-order valence-corrected chi connectivity index (χ2v) is 27.5. The van der Waals surface area contributed by atoms with Crippen molar-refractivity contribution in [2.24, 2.45) is 0 Å². The smallest absolute Gasteiger partial charge is 0.252 e. The molecular weight excluding hydrogens is 904 g/mol. The number of para-hydroxylation sites is 1. The summed E-state index contributed by atoms with van der Waals surface area (Å²) in [6.07, 6.45) is 4.69. The first-order valence-corrected chi connectivity index (χ1v) is 28.1. The molecule has 0 amide bonds. The summed E-state index contributed by atoms with van der Waals surface area (Å²) >= 11 is 0. The molecule has 2 nitrogen and oxygen atoms in total. The van der Waals surface area contributed by atoms with Crippen LogP contribution in [0.25, 0.3) is 33.4 Å². The van der Waals surface area contributed by atoms with Crippen molar-refractivity contribution in [2.45, 2.75) is 155 Å². The van der Waals surface area contributed by atoms with Gasteiger partial charge in [0.1, 0.15) is 0 Å². The van der Waals surface area contributed by atoms with Gasteiger partial charge in [0.2, 0.25) is 0 Å². The maximum absolute atomic E-state index is 2.75. The lowest BCUT2D eigenvalue weighted by Gasteiger charge is -2.48. The zero-order valence-electron chi connectivity index (χ0n) is 47.2. The maximum Gasteiger partial charge on any atom is 0.252 e. The molecule has 0 saturated carbocycles. The van der Waals surface area contributed by atoms with Gasteiger partial charge in [0.15, 0.2) is 0 Å². The highest BCUT2D eigenvalue weighted by Gasteiger charge is 2.51. The van der Waals surface area contributed by atoms with Gasteiger partial charge in [0.05, 0.1) is 5.69 Å². The van der Waals surface area contributed by atoms with E-state index in [1.165, 1.54) is 141 Å². The molecule has 75 heavy (non-hydrogen) atoms. The minimum absolute atomic E-state index is 0.0182. The van der Waals surface area contributed by atoms with Crippen LogP contribution in [0.5, 0.6) is 0 Å². The number of fused-ring (bicyclic) bond motifs is 10. The summed E-state index contributed by atoms with van der Waals surface area (Å²) < 4.78 is 0. The first-order valence-electron chi connectivity index (χ1n) is 28.1. The van der Waals surface area contributed by atoms with Crippen LogP contribution in [0, 0.1) is 6.92 Å². The zero-order valence-corrected chi connectivity index (χ0v) is 47.2. The molecule has 5 aliphatic rings. The fourth-order valence-electron chi connectivity index (χ4n) is 14.6. The van der Waals surface area contributed by atoms with E-state index >= 15 is 0 Å². The lowest BCUT2D eigenvalue weighted by atomic mass is 9.32. The average Bonchev–Trinajstić information content (AvgIpc) is 3.61. The lowest BCUT2D eigenvalue weighted by molar-refractivity contribution is 0.331. The molecule has 3 aliphatic carbocycles. The second-order valence-electron chi connectivity index (χ2n) is 27.5. The van der Waals surface area contributed by atoms with Crippen molar-refractivity contribution in [3.8, 4) is 33.4 Å². The van der Waals surface area contributed by atoms with Gasteiger partial charge in [-0.15, -0.1) is 0 Å². The minimum Gasteiger partial charge on any atom is -0.311 e. The summed E-state index contributed by atoms with van der Waals surface area (Å²) in [6, 6.07) is 59.8. The van der Waals surface area contributed by atoms with Gasteiger partial charge in [-0.1, -0.05) is 205 Å². The molecule has 376 valence electrons. The van der Waals surface area contributed by atoms with Gasteiger partial charge in [-0.25, -0.2) is 0 Å². The van der Waals surface area contributed by atoms with E-state index in [1.54, 1.807) is 0 Å². The number of nitrogens with zero attached hydrogens (tertiary/aromatic N) is 2. The molecule has 8 aromatic carbocycles. The van der Waals surface area contributed by atoms with Crippen LogP contribution in [0.3, 0.4) is 0 Å². The molecule has 0 N–H and O–H groups in total. The van der Waals surface area contributed by atoms with Crippen molar-refractivity contribution in [3.63, 3.8) is 0 Å². The number of anilines is 6. The first kappa shape index (κ1) is 48.1. The molecular formula is C72H75BN2. The molecule has 0 bridgehead atoms. The highest BCUT2D eigenvalue weighted by atomic mass is 15.2. The normalized spacial score (nSPS) is 18.5. The standard InChI is InChI=1S/C72H75BN2/c1-44-37-48(67(2,3)4)29-32-59(44)74-61-43-56-55(70(9,10)35-36-71(56,11)12)42-58(61)73-57-31-30-51-64(50-40-53-54(41-52(50)72(51,13)14)69(7,8)34-33-68(53,5)6)66(57)75(60-28-22-21-27-49(60)46-25-19-16-20-26-46)63-39-47(38-62(74)65(63)73)45-23-17-15-18-24-45/h15-32,37-43H,33-36H2,1-14H3. The number of rotatable bonds is 4. The molecule has 0 spiro atoms. The maximum atomic E-state index is 2.75. The third-order valence-electron chi connectivity index (χ3n) is 19.5. The average molecular weight is 979 g/mol. The van der Waals surface area contributed by atoms with Crippen LogP contribution in [0.15, 0.2) is 152 Å². The Bertz CT molecular complexity index is 3690. The van der Waals surface area contributed by atoms with E-state index < -0.39 is 0 Å². The number of aryl methyl sites for hydroxylation is 1. The summed E-state index contributed by atoms with van der Waals surface area (Å²) in [5, 5.41) is 0. The van der Waals surface area contributed by atoms with Crippen LogP contribution < -0.4 is 26.2 Å². The summed E-state index contributed by atoms with van der Waals surface area (Å²) in [5.41, 5.74) is 31.0. The van der Waals surface area contributed by atoms with Crippen molar-refractivity contribution in [1.29, 1.82) is 0 Å². The number of benzene rings is 8. The Morgan fingerprint density at radius 2 is 0.947 bits per heavy atom. The van der Waals surface area contributed by atoms with Gasteiger partial charge in [-0.2, -0.15) is 0 Å². The van der Waals surface area contributed by atoms with E-state index in [2.05, 4.69) is 258 Å². The molecule has 0 fully saturated rings. The van der Waals surface area contributed by atoms with Gasteiger partial charge in [-0.05, 0) is 179 Å². The largest absolute Gasteiger partial charge is 0.311 e. The lowest BCUT2D eigenvalue weighted by Crippen LogP contribution is -2.62. The van der Waals surface area contributed by atoms with E-state index in [4.69, 9.17) is 0 Å². The Morgan fingerprint density at radius 3 is 1.56 bits per heavy atom. The zero-order chi connectivity index (χ0) is 52.5. The van der Waals surface area contributed by atoms with E-state index in [9.17, 15) is 0 Å². The van der Waals surface area contributed by atoms with Gasteiger partial charge in [0, 0.05) is 45.0 Å². The van der Waals surface area contributed by atoms with Gasteiger partial charge >= 0.3 is 0 Å². The van der Waals surface area contributed by atoms with Gasteiger partial charge in [0.25, 0.3) is 6.71 Å². The number of hydrogen-bond donors (Lipinski definition) is 0. The van der Waals surface area contributed by atoms with Crippen LogP contribution in [-0.4, -0.2) is 6.71 Å². The molecule has 8 aromatic rings. The molecule has 0 aromatic heterocycles. The van der Waals surface area contributed by atoms with Crippen LogP contribution >= 0.6 is 0 Å². The van der Waals surface area contributed by atoms with Crippen molar-refractivity contribution >= 4 is 57.2 Å². The van der Waals surface area contributed by atoms with Crippen molar-refractivity contribution in [3.05, 3.63) is 196 Å². The predicted octanol–water partition coefficient (Wildman–Crippen LogP) is 17.7. The van der Waals surface area contributed by atoms with Crippen molar-refractivity contribution in [2.75, 3.05) is 9.80 Å². The fraction of sp³-hybridized carbons (Fsp3) is 0.333. The molecule has 0 saturated heterocycles. The van der Waals surface area contributed by atoms with Gasteiger partial charge in [-0.3, -0.25) is 0 Å². The van der Waals surface area contributed by atoms with Crippen LogP contribution in [0.4, 0.5) is 34.1 Å². The molecule has 2 aliphatic heterocycles. The van der Waals surface area contributed by atoms with Crippen LogP contribution in [0.2, 0.25) is 0 Å². The first-order chi connectivity index (χ1) is 35.5. The Kier molecular flexibility index (Phi) is 10.2. The molecule has 0 unspecified atom stereocenters. The Labute approximate surface area is 449 Å². The SMILES string of the molecule is Cc1cc(C(C)(C)C)ccc1N1c2cc3c(cc2B2c4ccc5c(c4N(c4ccccc4-c4ccccc4)c4cc(-c6ccccc6)cc1c42)-c1cc2c(cc1C5(C)C)C(C)(C)CCC2(C)C)C(C)(C)CCC3(C)C. The topological polar surface area (TPSA) is 6.48 Å². The Hall–Kier alpha value is -6.58. The monoisotopic (exact) mass is 979 g/mol.